The van der Waals surface area contributed by atoms with E-state index >= 15 is 0 Å². The van der Waals surface area contributed by atoms with E-state index in [4.69, 9.17) is 5.73 Å². The Morgan fingerprint density at radius 2 is 2.06 bits per heavy atom. The molecule has 0 amide bonds. The quantitative estimate of drug-likeness (QED) is 0.884. The minimum Gasteiger partial charge on any atom is -0.323 e. The van der Waals surface area contributed by atoms with Crippen molar-refractivity contribution in [2.45, 2.75) is 26.8 Å². The fraction of sp³-hybridized carbons (Fsp3) is 0.308. The van der Waals surface area contributed by atoms with Crippen LogP contribution in [0.3, 0.4) is 0 Å². The van der Waals surface area contributed by atoms with Gasteiger partial charge in [0.15, 0.2) is 0 Å². The van der Waals surface area contributed by atoms with Gasteiger partial charge in [-0.05, 0) is 38.5 Å². The Morgan fingerprint density at radius 1 is 1.35 bits per heavy atom. The van der Waals surface area contributed by atoms with Gasteiger partial charge in [-0.3, -0.25) is 0 Å². The van der Waals surface area contributed by atoms with E-state index in [9.17, 15) is 4.39 Å². The lowest BCUT2D eigenvalue weighted by atomic mass is 10.1. The van der Waals surface area contributed by atoms with Crippen LogP contribution >= 0.6 is 11.3 Å². The molecule has 0 saturated heterocycles. The number of rotatable bonds is 2. The normalized spacial score (nSPS) is 12.8. The molecular weight excluding hydrogens is 235 g/mol. The summed E-state index contributed by atoms with van der Waals surface area (Å²) in [6, 6.07) is 4.73. The molecule has 17 heavy (non-hydrogen) atoms. The summed E-state index contributed by atoms with van der Waals surface area (Å²) in [7, 11) is 0. The zero-order valence-electron chi connectivity index (χ0n) is 10.1. The Kier molecular flexibility index (Phi) is 3.26. The second-order valence-corrected chi connectivity index (χ2v) is 5.25. The van der Waals surface area contributed by atoms with Crippen molar-refractivity contribution in [2.75, 3.05) is 0 Å². The molecule has 1 unspecified atom stereocenters. The van der Waals surface area contributed by atoms with Crippen molar-refractivity contribution >= 4 is 11.3 Å². The van der Waals surface area contributed by atoms with Crippen LogP contribution in [0, 0.1) is 19.7 Å². The Balaban J connectivity index is 2.53. The lowest BCUT2D eigenvalue weighted by Crippen LogP contribution is -2.03. The van der Waals surface area contributed by atoms with Crippen LogP contribution < -0.4 is 5.73 Å². The topological polar surface area (TPSA) is 38.9 Å². The highest BCUT2D eigenvalue weighted by atomic mass is 32.1. The molecule has 1 heterocycles. The summed E-state index contributed by atoms with van der Waals surface area (Å²) in [4.78, 5) is 5.53. The molecular formula is C13H15FN2S. The first-order valence-electron chi connectivity index (χ1n) is 5.48. The van der Waals surface area contributed by atoms with E-state index in [0.717, 1.165) is 26.7 Å². The SMILES string of the molecule is Cc1ccc(F)cc1-c1nc(C)c(C(C)N)s1. The van der Waals surface area contributed by atoms with Crippen LogP contribution in [0.2, 0.25) is 0 Å². The minimum absolute atomic E-state index is 0.0323. The van der Waals surface area contributed by atoms with Crippen LogP contribution in [0.15, 0.2) is 18.2 Å². The molecule has 1 aromatic carbocycles. The maximum Gasteiger partial charge on any atom is 0.124 e. The number of aromatic nitrogens is 1. The van der Waals surface area contributed by atoms with Gasteiger partial charge in [0.1, 0.15) is 10.8 Å². The van der Waals surface area contributed by atoms with Crippen LogP contribution in [0.5, 0.6) is 0 Å². The van der Waals surface area contributed by atoms with Gasteiger partial charge < -0.3 is 5.73 Å². The number of benzene rings is 1. The van der Waals surface area contributed by atoms with Gasteiger partial charge in [-0.2, -0.15) is 0 Å². The molecule has 0 aliphatic carbocycles. The molecule has 0 bridgehead atoms. The van der Waals surface area contributed by atoms with Gasteiger partial charge in [0.05, 0.1) is 5.69 Å². The Labute approximate surface area is 104 Å². The Bertz CT molecular complexity index is 546. The molecule has 4 heteroatoms. The maximum absolute atomic E-state index is 13.3. The summed E-state index contributed by atoms with van der Waals surface area (Å²) in [5.74, 6) is -0.235. The monoisotopic (exact) mass is 250 g/mol. The van der Waals surface area contributed by atoms with E-state index in [1.165, 1.54) is 12.1 Å². The van der Waals surface area contributed by atoms with Crippen LogP contribution in [0.1, 0.15) is 29.1 Å². The van der Waals surface area contributed by atoms with Crippen molar-refractivity contribution in [3.05, 3.63) is 40.2 Å². The van der Waals surface area contributed by atoms with Gasteiger partial charge in [0.2, 0.25) is 0 Å². The number of hydrogen-bond acceptors (Lipinski definition) is 3. The molecule has 0 aliphatic heterocycles. The third-order valence-electron chi connectivity index (χ3n) is 2.68. The zero-order valence-corrected chi connectivity index (χ0v) is 10.9. The van der Waals surface area contributed by atoms with Crippen molar-refractivity contribution < 1.29 is 4.39 Å². The van der Waals surface area contributed by atoms with Gasteiger partial charge in [-0.15, -0.1) is 11.3 Å². The third-order valence-corrected chi connectivity index (χ3v) is 4.07. The zero-order chi connectivity index (χ0) is 12.6. The lowest BCUT2D eigenvalue weighted by molar-refractivity contribution is 0.628. The van der Waals surface area contributed by atoms with Gasteiger partial charge in [-0.1, -0.05) is 6.07 Å². The van der Waals surface area contributed by atoms with Crippen LogP contribution in [0.25, 0.3) is 10.6 Å². The average Bonchev–Trinajstić information content (AvgIpc) is 2.64. The highest BCUT2D eigenvalue weighted by molar-refractivity contribution is 7.15. The van der Waals surface area contributed by atoms with E-state index in [1.807, 2.05) is 20.8 Å². The Hall–Kier alpha value is -1.26. The third kappa shape index (κ3) is 2.37. The average molecular weight is 250 g/mol. The number of nitrogens with two attached hydrogens (primary N) is 1. The first-order valence-corrected chi connectivity index (χ1v) is 6.30. The fourth-order valence-corrected chi connectivity index (χ4v) is 2.87. The molecule has 0 aliphatic rings. The molecule has 90 valence electrons. The molecule has 2 rings (SSSR count). The van der Waals surface area contributed by atoms with Gasteiger partial charge in [-0.25, -0.2) is 9.37 Å². The van der Waals surface area contributed by atoms with Gasteiger partial charge in [0.25, 0.3) is 0 Å². The fourth-order valence-electron chi connectivity index (χ4n) is 1.77. The van der Waals surface area contributed by atoms with Crippen molar-refractivity contribution in [2.24, 2.45) is 5.73 Å². The Morgan fingerprint density at radius 3 is 2.65 bits per heavy atom. The molecule has 0 spiro atoms. The van der Waals surface area contributed by atoms with Crippen molar-refractivity contribution in [3.63, 3.8) is 0 Å². The number of halogens is 1. The first-order chi connectivity index (χ1) is 7.99. The molecule has 0 saturated carbocycles. The summed E-state index contributed by atoms with van der Waals surface area (Å²) < 4.78 is 13.3. The van der Waals surface area contributed by atoms with E-state index < -0.39 is 0 Å². The minimum atomic E-state index is -0.235. The van der Waals surface area contributed by atoms with Crippen LogP contribution in [0.4, 0.5) is 4.39 Å². The second-order valence-electron chi connectivity index (χ2n) is 4.22. The van der Waals surface area contributed by atoms with Crippen molar-refractivity contribution in [1.29, 1.82) is 0 Å². The summed E-state index contributed by atoms with van der Waals surface area (Å²) >= 11 is 1.54. The van der Waals surface area contributed by atoms with Gasteiger partial charge in [0, 0.05) is 16.5 Å². The second kappa shape index (κ2) is 4.55. The number of hydrogen-bond donors (Lipinski definition) is 1. The maximum atomic E-state index is 13.3. The lowest BCUT2D eigenvalue weighted by Gasteiger charge is -2.02. The molecule has 2 aromatic rings. The van der Waals surface area contributed by atoms with Crippen LogP contribution in [-0.4, -0.2) is 4.98 Å². The van der Waals surface area contributed by atoms with Crippen molar-refractivity contribution in [1.82, 2.24) is 4.98 Å². The summed E-state index contributed by atoms with van der Waals surface area (Å²) in [6.07, 6.45) is 0. The van der Waals surface area contributed by atoms with E-state index in [1.54, 1.807) is 17.4 Å². The molecule has 2 N–H and O–H groups in total. The van der Waals surface area contributed by atoms with E-state index in [2.05, 4.69) is 4.98 Å². The van der Waals surface area contributed by atoms with Gasteiger partial charge >= 0.3 is 0 Å². The summed E-state index contributed by atoms with van der Waals surface area (Å²) in [5.41, 5.74) is 8.68. The van der Waals surface area contributed by atoms with E-state index in [-0.39, 0.29) is 11.9 Å². The number of nitrogens with zero attached hydrogens (tertiary/aromatic N) is 1. The number of thiazole rings is 1. The molecule has 2 nitrogen and oxygen atoms in total. The first kappa shape index (κ1) is 12.2. The summed E-state index contributed by atoms with van der Waals surface area (Å²) in [5, 5.41) is 0.840. The molecule has 1 aromatic heterocycles. The summed E-state index contributed by atoms with van der Waals surface area (Å²) in [6.45, 7) is 5.83. The largest absolute Gasteiger partial charge is 0.323 e. The van der Waals surface area contributed by atoms with E-state index in [0.29, 0.717) is 0 Å². The smallest absolute Gasteiger partial charge is 0.124 e. The predicted octanol–water partition coefficient (Wildman–Crippen LogP) is 3.59. The highest BCUT2D eigenvalue weighted by Gasteiger charge is 2.14. The van der Waals surface area contributed by atoms with Crippen LogP contribution in [-0.2, 0) is 0 Å². The molecule has 0 radical (unpaired) electrons. The molecule has 0 fully saturated rings. The highest BCUT2D eigenvalue weighted by Crippen LogP contribution is 2.32. The number of aryl methyl sites for hydroxylation is 2. The predicted molar refractivity (Wildman–Crippen MR) is 69.6 cm³/mol. The standard InChI is InChI=1S/C13H15FN2S/c1-7-4-5-10(14)6-11(7)13-16-9(3)12(17-13)8(2)15/h4-6,8H,15H2,1-3H3. The molecule has 1 atom stereocenters. The van der Waals surface area contributed by atoms with Crippen molar-refractivity contribution in [3.8, 4) is 10.6 Å².